The number of aromatic nitrogens is 2. The third-order valence-electron chi connectivity index (χ3n) is 4.67. The topological polar surface area (TPSA) is 75.2 Å². The maximum Gasteiger partial charge on any atom is 0.219 e. The summed E-state index contributed by atoms with van der Waals surface area (Å²) in [5.41, 5.74) is 2.37. The molecule has 7 heteroatoms. The second-order valence-corrected chi connectivity index (χ2v) is 8.29. The Labute approximate surface area is 152 Å². The maximum absolute atomic E-state index is 13.2. The second-order valence-electron chi connectivity index (χ2n) is 6.37. The van der Waals surface area contributed by atoms with Crippen molar-refractivity contribution in [3.8, 4) is 0 Å². The van der Waals surface area contributed by atoms with Gasteiger partial charge < -0.3 is 5.32 Å². The molecular weight excluding hydrogens is 348 g/mol. The van der Waals surface area contributed by atoms with E-state index in [2.05, 4.69) is 15.3 Å². The normalized spacial score (nSPS) is 18.8. The molecule has 0 spiro atoms. The van der Waals surface area contributed by atoms with Gasteiger partial charge in [-0.15, -0.1) is 0 Å². The Hall–Kier alpha value is -2.35. The van der Waals surface area contributed by atoms with E-state index < -0.39 is 10.0 Å². The molecule has 0 saturated carbocycles. The average Bonchev–Trinajstić information content (AvgIpc) is 2.69. The predicted octanol–water partition coefficient (Wildman–Crippen LogP) is 2.11. The van der Waals surface area contributed by atoms with Gasteiger partial charge in [-0.05, 0) is 23.3 Å². The first-order valence-electron chi connectivity index (χ1n) is 8.58. The quantitative estimate of drug-likeness (QED) is 0.763. The average molecular weight is 368 g/mol. The first kappa shape index (κ1) is 17.1. The fourth-order valence-corrected chi connectivity index (χ4v) is 5.18. The lowest BCUT2D eigenvalue weighted by molar-refractivity contribution is 0.271. The smallest absolute Gasteiger partial charge is 0.219 e. The fraction of sp³-hybridized carbons (Fsp3) is 0.263. The Balaban J connectivity index is 1.68. The SMILES string of the molecule is O=S(=O)(Cc1cccc2cccnc12)N1CCNCC1c1cccnc1. The lowest BCUT2D eigenvalue weighted by atomic mass is 10.1. The largest absolute Gasteiger partial charge is 0.313 e. The molecule has 1 N–H and O–H groups in total. The summed E-state index contributed by atoms with van der Waals surface area (Å²) in [6.45, 7) is 1.67. The minimum Gasteiger partial charge on any atom is -0.313 e. The zero-order valence-electron chi connectivity index (χ0n) is 14.2. The van der Waals surface area contributed by atoms with E-state index in [0.717, 1.165) is 22.0 Å². The number of hydrogen-bond acceptors (Lipinski definition) is 5. The van der Waals surface area contributed by atoms with Crippen LogP contribution in [-0.4, -0.2) is 42.3 Å². The van der Waals surface area contributed by atoms with Crippen LogP contribution in [0, 0.1) is 0 Å². The molecule has 0 aliphatic carbocycles. The van der Waals surface area contributed by atoms with Crippen LogP contribution in [0.25, 0.3) is 10.9 Å². The molecule has 1 fully saturated rings. The summed E-state index contributed by atoms with van der Waals surface area (Å²) in [5.74, 6) is -0.0574. The summed E-state index contributed by atoms with van der Waals surface area (Å²) in [4.78, 5) is 8.52. The Kier molecular flexibility index (Phi) is 4.67. The van der Waals surface area contributed by atoms with E-state index in [1.807, 2.05) is 42.5 Å². The number of para-hydroxylation sites is 1. The van der Waals surface area contributed by atoms with E-state index in [0.29, 0.717) is 19.6 Å². The third-order valence-corrected chi connectivity index (χ3v) is 6.50. The predicted molar refractivity (Wildman–Crippen MR) is 101 cm³/mol. The van der Waals surface area contributed by atoms with Gasteiger partial charge in [0.2, 0.25) is 10.0 Å². The number of pyridine rings is 2. The minimum atomic E-state index is -3.50. The Bertz CT molecular complexity index is 1000. The summed E-state index contributed by atoms with van der Waals surface area (Å²) >= 11 is 0. The minimum absolute atomic E-state index is 0.0574. The highest BCUT2D eigenvalue weighted by Crippen LogP contribution is 2.27. The highest BCUT2D eigenvalue weighted by atomic mass is 32.2. The molecule has 134 valence electrons. The van der Waals surface area contributed by atoms with Crippen molar-refractivity contribution in [2.24, 2.45) is 0 Å². The van der Waals surface area contributed by atoms with Crippen molar-refractivity contribution in [2.45, 2.75) is 11.8 Å². The Morgan fingerprint density at radius 3 is 2.81 bits per heavy atom. The van der Waals surface area contributed by atoms with Gasteiger partial charge in [0, 0.05) is 43.6 Å². The Morgan fingerprint density at radius 1 is 1.12 bits per heavy atom. The van der Waals surface area contributed by atoms with Crippen molar-refractivity contribution in [3.05, 3.63) is 72.2 Å². The second kappa shape index (κ2) is 7.11. The maximum atomic E-state index is 13.2. The highest BCUT2D eigenvalue weighted by molar-refractivity contribution is 7.88. The van der Waals surface area contributed by atoms with Crippen molar-refractivity contribution in [2.75, 3.05) is 19.6 Å². The number of nitrogens with zero attached hydrogens (tertiary/aromatic N) is 3. The van der Waals surface area contributed by atoms with E-state index in [4.69, 9.17) is 0 Å². The van der Waals surface area contributed by atoms with Gasteiger partial charge in [-0.25, -0.2) is 8.42 Å². The molecule has 1 atom stereocenters. The molecule has 3 heterocycles. The first-order valence-corrected chi connectivity index (χ1v) is 10.2. The van der Waals surface area contributed by atoms with E-state index >= 15 is 0 Å². The van der Waals surface area contributed by atoms with Gasteiger partial charge >= 0.3 is 0 Å². The fourth-order valence-electron chi connectivity index (χ4n) is 3.44. The molecular formula is C19H20N4O2S. The number of benzene rings is 1. The summed E-state index contributed by atoms with van der Waals surface area (Å²) in [6.07, 6.45) is 5.13. The number of rotatable bonds is 4. The van der Waals surface area contributed by atoms with Crippen LogP contribution in [-0.2, 0) is 15.8 Å². The third kappa shape index (κ3) is 3.33. The van der Waals surface area contributed by atoms with Crippen LogP contribution in [0.15, 0.2) is 61.1 Å². The van der Waals surface area contributed by atoms with Crippen LogP contribution in [0.1, 0.15) is 17.2 Å². The van der Waals surface area contributed by atoms with Crippen molar-refractivity contribution in [1.29, 1.82) is 0 Å². The Morgan fingerprint density at radius 2 is 1.96 bits per heavy atom. The van der Waals surface area contributed by atoms with Gasteiger partial charge in [-0.2, -0.15) is 4.31 Å². The van der Waals surface area contributed by atoms with E-state index in [9.17, 15) is 8.42 Å². The summed E-state index contributed by atoms with van der Waals surface area (Å²) < 4.78 is 28.1. The molecule has 1 saturated heterocycles. The zero-order valence-corrected chi connectivity index (χ0v) is 15.1. The van der Waals surface area contributed by atoms with Crippen LogP contribution in [0.5, 0.6) is 0 Å². The van der Waals surface area contributed by atoms with Crippen LogP contribution >= 0.6 is 0 Å². The summed E-state index contributed by atoms with van der Waals surface area (Å²) in [7, 11) is -3.50. The molecule has 26 heavy (non-hydrogen) atoms. The molecule has 1 aromatic carbocycles. The molecule has 1 unspecified atom stereocenters. The molecule has 1 aliphatic heterocycles. The van der Waals surface area contributed by atoms with Crippen molar-refractivity contribution < 1.29 is 8.42 Å². The monoisotopic (exact) mass is 368 g/mol. The van der Waals surface area contributed by atoms with E-state index in [-0.39, 0.29) is 11.8 Å². The molecule has 2 aromatic heterocycles. The molecule has 0 amide bonds. The number of hydrogen-bond donors (Lipinski definition) is 1. The van der Waals surface area contributed by atoms with Crippen molar-refractivity contribution in [3.63, 3.8) is 0 Å². The first-order chi connectivity index (χ1) is 12.6. The van der Waals surface area contributed by atoms with Gasteiger partial charge in [-0.1, -0.05) is 30.3 Å². The van der Waals surface area contributed by atoms with Crippen LogP contribution < -0.4 is 5.32 Å². The van der Waals surface area contributed by atoms with Crippen LogP contribution in [0.3, 0.4) is 0 Å². The number of nitrogens with one attached hydrogen (secondary N) is 1. The lowest BCUT2D eigenvalue weighted by Crippen LogP contribution is -2.49. The molecule has 0 radical (unpaired) electrons. The van der Waals surface area contributed by atoms with Gasteiger partial charge in [0.05, 0.1) is 17.3 Å². The number of sulfonamides is 1. The van der Waals surface area contributed by atoms with Gasteiger partial charge in [0.1, 0.15) is 0 Å². The van der Waals surface area contributed by atoms with Crippen molar-refractivity contribution >= 4 is 20.9 Å². The van der Waals surface area contributed by atoms with Gasteiger partial charge in [0.25, 0.3) is 0 Å². The number of piperazine rings is 1. The molecule has 6 nitrogen and oxygen atoms in total. The summed E-state index contributed by atoms with van der Waals surface area (Å²) in [5, 5.41) is 4.23. The highest BCUT2D eigenvalue weighted by Gasteiger charge is 2.33. The molecule has 0 bridgehead atoms. The summed E-state index contributed by atoms with van der Waals surface area (Å²) in [6, 6.07) is 13.0. The molecule has 4 rings (SSSR count). The van der Waals surface area contributed by atoms with E-state index in [1.54, 1.807) is 22.9 Å². The molecule has 1 aliphatic rings. The lowest BCUT2D eigenvalue weighted by Gasteiger charge is -2.35. The van der Waals surface area contributed by atoms with Crippen LogP contribution in [0.2, 0.25) is 0 Å². The van der Waals surface area contributed by atoms with E-state index in [1.165, 1.54) is 0 Å². The molecule has 3 aromatic rings. The zero-order chi connectivity index (χ0) is 18.0. The standard InChI is InChI=1S/C19H20N4O2S/c24-26(25,14-17-5-1-4-15-6-3-9-22-19(15)17)23-11-10-21-13-18(23)16-7-2-8-20-12-16/h1-9,12,18,21H,10-11,13-14H2. The van der Waals surface area contributed by atoms with Crippen molar-refractivity contribution in [1.82, 2.24) is 19.6 Å². The van der Waals surface area contributed by atoms with Gasteiger partial charge in [0.15, 0.2) is 0 Å². The van der Waals surface area contributed by atoms with Crippen LogP contribution in [0.4, 0.5) is 0 Å². The number of fused-ring (bicyclic) bond motifs is 1. The van der Waals surface area contributed by atoms with Gasteiger partial charge in [-0.3, -0.25) is 9.97 Å².